The van der Waals surface area contributed by atoms with Gasteiger partial charge in [-0.25, -0.2) is 0 Å². The summed E-state index contributed by atoms with van der Waals surface area (Å²) in [5.41, 5.74) is 0.572. The lowest BCUT2D eigenvalue weighted by Gasteiger charge is -2.31. The molecule has 1 aromatic rings. The predicted octanol–water partition coefficient (Wildman–Crippen LogP) is 2.26. The first kappa shape index (κ1) is 12.6. The number of nitrogens with zero attached hydrogens (tertiary/aromatic N) is 1. The number of nitrogens with one attached hydrogen (secondary N) is 1. The summed E-state index contributed by atoms with van der Waals surface area (Å²) in [6.07, 6.45) is 3.56. The molecule has 0 spiro atoms. The van der Waals surface area contributed by atoms with Crippen LogP contribution in [0.25, 0.3) is 0 Å². The molecule has 0 aliphatic carbocycles. The van der Waals surface area contributed by atoms with Gasteiger partial charge in [0.05, 0.1) is 11.8 Å². The minimum Gasteiger partial charge on any atom is -0.457 e. The lowest BCUT2D eigenvalue weighted by Crippen LogP contribution is -2.44. The molecule has 1 aliphatic rings. The molecule has 0 saturated carbocycles. The van der Waals surface area contributed by atoms with Crippen LogP contribution in [0.1, 0.15) is 30.1 Å². The maximum atomic E-state index is 11.9. The number of hydrogen-bond acceptors (Lipinski definition) is 3. The van der Waals surface area contributed by atoms with Gasteiger partial charge in [-0.3, -0.25) is 4.79 Å². The second-order valence-corrected chi connectivity index (χ2v) is 5.01. The summed E-state index contributed by atoms with van der Waals surface area (Å²) in [6, 6.07) is 1.97. The molecule has 0 aromatic carbocycles. The number of rotatable bonds is 3. The standard InChI is InChI=1S/C12H17BrN2O2/c1-2-15-6-3-9(4-7-15)14-12(16)10-5-8-17-11(10)13/h5,8-9H,2-4,6-7H2,1H3,(H,14,16). The van der Waals surface area contributed by atoms with Crippen molar-refractivity contribution >= 4 is 21.8 Å². The fourth-order valence-electron chi connectivity index (χ4n) is 2.11. The Morgan fingerprint density at radius 2 is 2.29 bits per heavy atom. The van der Waals surface area contributed by atoms with Gasteiger partial charge in [-0.05, 0) is 41.4 Å². The number of furan rings is 1. The SMILES string of the molecule is CCN1CCC(NC(=O)c2ccoc2Br)CC1. The highest BCUT2D eigenvalue weighted by Gasteiger charge is 2.21. The Bertz CT molecular complexity index is 384. The van der Waals surface area contributed by atoms with E-state index < -0.39 is 0 Å². The van der Waals surface area contributed by atoms with Crippen LogP contribution >= 0.6 is 15.9 Å². The molecule has 2 heterocycles. The summed E-state index contributed by atoms with van der Waals surface area (Å²) in [4.78, 5) is 14.3. The predicted molar refractivity (Wildman–Crippen MR) is 69.0 cm³/mol. The number of piperidine rings is 1. The molecular weight excluding hydrogens is 284 g/mol. The Kier molecular flexibility index (Phi) is 4.23. The molecule has 1 fully saturated rings. The summed E-state index contributed by atoms with van der Waals surface area (Å²) < 4.78 is 5.56. The molecule has 1 aromatic heterocycles. The molecular formula is C12H17BrN2O2. The lowest BCUT2D eigenvalue weighted by molar-refractivity contribution is 0.0911. The largest absolute Gasteiger partial charge is 0.457 e. The van der Waals surface area contributed by atoms with Gasteiger partial charge in [0, 0.05) is 19.1 Å². The van der Waals surface area contributed by atoms with E-state index in [1.807, 2.05) is 0 Å². The van der Waals surface area contributed by atoms with Crippen molar-refractivity contribution in [3.8, 4) is 0 Å². The number of halogens is 1. The van der Waals surface area contributed by atoms with E-state index in [-0.39, 0.29) is 11.9 Å². The zero-order chi connectivity index (χ0) is 12.3. The molecule has 5 heteroatoms. The van der Waals surface area contributed by atoms with Gasteiger partial charge in [0.2, 0.25) is 0 Å². The van der Waals surface area contributed by atoms with Crippen molar-refractivity contribution < 1.29 is 9.21 Å². The van der Waals surface area contributed by atoms with E-state index >= 15 is 0 Å². The topological polar surface area (TPSA) is 45.5 Å². The first-order valence-electron chi connectivity index (χ1n) is 5.97. The molecule has 1 amide bonds. The van der Waals surface area contributed by atoms with Gasteiger partial charge in [-0.1, -0.05) is 6.92 Å². The Morgan fingerprint density at radius 1 is 1.59 bits per heavy atom. The first-order chi connectivity index (χ1) is 8.20. The average molecular weight is 301 g/mol. The molecule has 0 unspecified atom stereocenters. The fourth-order valence-corrected chi connectivity index (χ4v) is 2.53. The third-order valence-electron chi connectivity index (χ3n) is 3.23. The highest BCUT2D eigenvalue weighted by molar-refractivity contribution is 9.10. The number of carbonyl (C=O) groups is 1. The summed E-state index contributed by atoms with van der Waals surface area (Å²) >= 11 is 3.22. The van der Waals surface area contributed by atoms with Crippen LogP contribution in [0.5, 0.6) is 0 Å². The van der Waals surface area contributed by atoms with Crippen LogP contribution in [0, 0.1) is 0 Å². The van der Waals surface area contributed by atoms with Crippen molar-refractivity contribution in [3.05, 3.63) is 22.6 Å². The van der Waals surface area contributed by atoms with Crippen molar-refractivity contribution in [2.45, 2.75) is 25.8 Å². The van der Waals surface area contributed by atoms with Crippen LogP contribution in [-0.2, 0) is 0 Å². The van der Waals surface area contributed by atoms with Crippen LogP contribution in [0.4, 0.5) is 0 Å². The number of amides is 1. The Hall–Kier alpha value is -0.810. The molecule has 1 aliphatic heterocycles. The first-order valence-corrected chi connectivity index (χ1v) is 6.76. The van der Waals surface area contributed by atoms with Crippen LogP contribution in [0.15, 0.2) is 21.4 Å². The van der Waals surface area contributed by atoms with Gasteiger partial charge >= 0.3 is 0 Å². The fraction of sp³-hybridized carbons (Fsp3) is 0.583. The average Bonchev–Trinajstić information content (AvgIpc) is 2.76. The molecule has 1 saturated heterocycles. The molecule has 0 atom stereocenters. The van der Waals surface area contributed by atoms with Gasteiger partial charge < -0.3 is 14.6 Å². The Labute approximate surface area is 109 Å². The third-order valence-corrected chi connectivity index (χ3v) is 3.85. The van der Waals surface area contributed by atoms with Crippen molar-refractivity contribution in [2.75, 3.05) is 19.6 Å². The summed E-state index contributed by atoms with van der Waals surface area (Å²) in [5, 5.41) is 3.05. The zero-order valence-corrected chi connectivity index (χ0v) is 11.5. The molecule has 17 heavy (non-hydrogen) atoms. The molecule has 94 valence electrons. The van der Waals surface area contributed by atoms with Crippen molar-refractivity contribution in [1.82, 2.24) is 10.2 Å². The highest BCUT2D eigenvalue weighted by atomic mass is 79.9. The number of hydrogen-bond donors (Lipinski definition) is 1. The number of likely N-dealkylation sites (tertiary alicyclic amines) is 1. The van der Waals surface area contributed by atoms with Crippen molar-refractivity contribution in [3.63, 3.8) is 0 Å². The van der Waals surface area contributed by atoms with E-state index in [4.69, 9.17) is 4.42 Å². The maximum absolute atomic E-state index is 11.9. The van der Waals surface area contributed by atoms with Gasteiger partial charge in [0.15, 0.2) is 4.67 Å². The molecule has 0 bridgehead atoms. The second kappa shape index (κ2) is 5.69. The maximum Gasteiger partial charge on any atom is 0.255 e. The van der Waals surface area contributed by atoms with Gasteiger partial charge in [0.25, 0.3) is 5.91 Å². The summed E-state index contributed by atoms with van der Waals surface area (Å²) in [6.45, 7) is 5.39. The van der Waals surface area contributed by atoms with E-state index in [9.17, 15) is 4.79 Å². The van der Waals surface area contributed by atoms with Crippen LogP contribution in [0.2, 0.25) is 0 Å². The highest BCUT2D eigenvalue weighted by Crippen LogP contribution is 2.18. The molecule has 2 rings (SSSR count). The van der Waals surface area contributed by atoms with E-state index in [1.165, 1.54) is 6.26 Å². The molecule has 0 radical (unpaired) electrons. The van der Waals surface area contributed by atoms with Gasteiger partial charge in [-0.2, -0.15) is 0 Å². The van der Waals surface area contributed by atoms with Crippen molar-refractivity contribution in [2.24, 2.45) is 0 Å². The normalized spacial score (nSPS) is 18.2. The van der Waals surface area contributed by atoms with Crippen LogP contribution in [-0.4, -0.2) is 36.5 Å². The smallest absolute Gasteiger partial charge is 0.255 e. The minimum atomic E-state index is -0.0550. The van der Waals surface area contributed by atoms with Crippen molar-refractivity contribution in [1.29, 1.82) is 0 Å². The quantitative estimate of drug-likeness (QED) is 0.931. The minimum absolute atomic E-state index is 0.0550. The molecule has 1 N–H and O–H groups in total. The van der Waals surface area contributed by atoms with E-state index in [0.717, 1.165) is 32.5 Å². The second-order valence-electron chi connectivity index (χ2n) is 4.29. The van der Waals surface area contributed by atoms with Gasteiger partial charge in [0.1, 0.15) is 0 Å². The van der Waals surface area contributed by atoms with Crippen LogP contribution < -0.4 is 5.32 Å². The summed E-state index contributed by atoms with van der Waals surface area (Å²) in [5.74, 6) is -0.0550. The Balaban J connectivity index is 1.86. The lowest BCUT2D eigenvalue weighted by atomic mass is 10.0. The van der Waals surface area contributed by atoms with E-state index in [1.54, 1.807) is 6.07 Å². The van der Waals surface area contributed by atoms with Gasteiger partial charge in [-0.15, -0.1) is 0 Å². The summed E-state index contributed by atoms with van der Waals surface area (Å²) in [7, 11) is 0. The van der Waals surface area contributed by atoms with E-state index in [0.29, 0.717) is 10.2 Å². The number of carbonyl (C=O) groups excluding carboxylic acids is 1. The van der Waals surface area contributed by atoms with E-state index in [2.05, 4.69) is 33.1 Å². The monoisotopic (exact) mass is 300 g/mol. The third kappa shape index (κ3) is 3.10. The Morgan fingerprint density at radius 3 is 2.82 bits per heavy atom. The van der Waals surface area contributed by atoms with Crippen LogP contribution in [0.3, 0.4) is 0 Å². The zero-order valence-electron chi connectivity index (χ0n) is 9.91. The molecule has 4 nitrogen and oxygen atoms in total.